The van der Waals surface area contributed by atoms with Crippen molar-refractivity contribution in [3.8, 4) is 16.9 Å². The zero-order valence-electron chi connectivity index (χ0n) is 18.6. The summed E-state index contributed by atoms with van der Waals surface area (Å²) in [4.78, 5) is 36.5. The molecule has 0 radical (unpaired) electrons. The molecule has 0 saturated heterocycles. The number of pyridine rings is 1. The number of hydrogen-bond acceptors (Lipinski definition) is 4. The number of nitrogens with zero attached hydrogens (tertiary/aromatic N) is 1. The van der Waals surface area contributed by atoms with Gasteiger partial charge in [0.2, 0.25) is 0 Å². The quantitative estimate of drug-likeness (QED) is 0.433. The maximum atomic E-state index is 14.3. The van der Waals surface area contributed by atoms with Crippen LogP contribution in [0.5, 0.6) is 5.75 Å². The summed E-state index contributed by atoms with van der Waals surface area (Å²) in [6, 6.07) is 7.21. The molecule has 0 fully saturated rings. The van der Waals surface area contributed by atoms with Crippen molar-refractivity contribution in [3.63, 3.8) is 0 Å². The van der Waals surface area contributed by atoms with Crippen molar-refractivity contribution in [3.05, 3.63) is 81.3 Å². The Balaban J connectivity index is 1.94. The number of carbonyl (C=O) groups excluding carboxylic acids is 1. The lowest BCUT2D eigenvalue weighted by Gasteiger charge is -2.20. The monoisotopic (exact) mass is 471 g/mol. The standard InChI is InChI=1S/C24H23F2N3O5/c1-12-6-14(17-5-4-16(25)10-18(17)26)9-15(7-12)19(11-21(31)32)27-24(34)28-22-20(30)8-13(2)29(3)23(22)33/h4-10,19,30H,11H2,1-3H3,(H,31,32)(H2,27,28,34)/t19-/m0/s1. The van der Waals surface area contributed by atoms with Gasteiger partial charge >= 0.3 is 12.0 Å². The van der Waals surface area contributed by atoms with Gasteiger partial charge in [-0.25, -0.2) is 13.6 Å². The average molecular weight is 471 g/mol. The zero-order valence-corrected chi connectivity index (χ0v) is 18.6. The van der Waals surface area contributed by atoms with Crippen LogP contribution in [0.15, 0.2) is 47.3 Å². The summed E-state index contributed by atoms with van der Waals surface area (Å²) in [5, 5.41) is 24.2. The number of aromatic hydroxyl groups is 1. The molecule has 0 bridgehead atoms. The number of aromatic nitrogens is 1. The highest BCUT2D eigenvalue weighted by molar-refractivity contribution is 5.91. The van der Waals surface area contributed by atoms with Gasteiger partial charge in [0, 0.05) is 30.4 Å². The Hall–Kier alpha value is -4.21. The first-order chi connectivity index (χ1) is 16.0. The van der Waals surface area contributed by atoms with Gasteiger partial charge in [-0.3, -0.25) is 9.59 Å². The Bertz CT molecular complexity index is 1340. The number of aryl methyl sites for hydroxylation is 2. The van der Waals surface area contributed by atoms with Crippen LogP contribution in [0.1, 0.15) is 29.3 Å². The van der Waals surface area contributed by atoms with Crippen molar-refractivity contribution >= 4 is 17.7 Å². The third-order valence-corrected chi connectivity index (χ3v) is 5.32. The second kappa shape index (κ2) is 9.74. The van der Waals surface area contributed by atoms with Crippen LogP contribution in [0.4, 0.5) is 19.3 Å². The van der Waals surface area contributed by atoms with Crippen molar-refractivity contribution in [1.29, 1.82) is 0 Å². The predicted octanol–water partition coefficient (Wildman–Crippen LogP) is 3.99. The largest absolute Gasteiger partial charge is 0.505 e. The fourth-order valence-corrected chi connectivity index (χ4v) is 3.55. The van der Waals surface area contributed by atoms with Gasteiger partial charge in [0.1, 0.15) is 17.4 Å². The maximum absolute atomic E-state index is 14.3. The average Bonchev–Trinajstić information content (AvgIpc) is 2.74. The van der Waals surface area contributed by atoms with Crippen LogP contribution in [0.2, 0.25) is 0 Å². The van der Waals surface area contributed by atoms with E-state index >= 15 is 0 Å². The minimum absolute atomic E-state index is 0.109. The third kappa shape index (κ3) is 5.40. The van der Waals surface area contributed by atoms with Crippen molar-refractivity contribution < 1.29 is 28.6 Å². The first-order valence-electron chi connectivity index (χ1n) is 10.2. The van der Waals surface area contributed by atoms with Crippen molar-refractivity contribution in [2.45, 2.75) is 26.3 Å². The van der Waals surface area contributed by atoms with Gasteiger partial charge in [0.15, 0.2) is 5.69 Å². The summed E-state index contributed by atoms with van der Waals surface area (Å²) in [5.41, 5.74) is 0.951. The van der Waals surface area contributed by atoms with Gasteiger partial charge < -0.3 is 25.4 Å². The van der Waals surface area contributed by atoms with E-state index in [-0.39, 0.29) is 11.3 Å². The molecule has 0 spiro atoms. The molecule has 178 valence electrons. The first-order valence-corrected chi connectivity index (χ1v) is 10.2. The number of benzene rings is 2. The van der Waals surface area contributed by atoms with Crippen molar-refractivity contribution in [1.82, 2.24) is 9.88 Å². The number of carbonyl (C=O) groups is 2. The summed E-state index contributed by atoms with van der Waals surface area (Å²) in [7, 11) is 1.47. The summed E-state index contributed by atoms with van der Waals surface area (Å²) >= 11 is 0. The van der Waals surface area contributed by atoms with Crippen LogP contribution in [0, 0.1) is 25.5 Å². The van der Waals surface area contributed by atoms with Crippen LogP contribution < -0.4 is 16.2 Å². The highest BCUT2D eigenvalue weighted by Crippen LogP contribution is 2.29. The number of urea groups is 1. The number of carboxylic acids is 1. The number of hydrogen-bond donors (Lipinski definition) is 4. The van der Waals surface area contributed by atoms with E-state index in [0.29, 0.717) is 22.4 Å². The van der Waals surface area contributed by atoms with Crippen molar-refractivity contribution in [2.75, 3.05) is 5.32 Å². The minimum atomic E-state index is -1.21. The van der Waals surface area contributed by atoms with Crippen molar-refractivity contribution in [2.24, 2.45) is 7.05 Å². The molecule has 4 N–H and O–H groups in total. The number of aliphatic carboxylic acids is 1. The Labute approximate surface area is 193 Å². The smallest absolute Gasteiger partial charge is 0.319 e. The Morgan fingerprint density at radius 2 is 1.79 bits per heavy atom. The Morgan fingerprint density at radius 1 is 1.09 bits per heavy atom. The summed E-state index contributed by atoms with van der Waals surface area (Å²) in [6.45, 7) is 3.31. The number of nitrogens with one attached hydrogen (secondary N) is 2. The fraction of sp³-hybridized carbons (Fsp3) is 0.208. The van der Waals surface area contributed by atoms with E-state index in [4.69, 9.17) is 0 Å². The molecule has 3 aromatic rings. The second-order valence-corrected chi connectivity index (χ2v) is 7.92. The highest BCUT2D eigenvalue weighted by Gasteiger charge is 2.22. The van der Waals surface area contributed by atoms with E-state index < -0.39 is 47.4 Å². The van der Waals surface area contributed by atoms with E-state index in [0.717, 1.165) is 12.1 Å². The van der Waals surface area contributed by atoms with E-state index in [9.17, 15) is 33.4 Å². The number of amides is 2. The molecule has 1 aromatic heterocycles. The van der Waals surface area contributed by atoms with Crippen LogP contribution in [0.25, 0.3) is 11.1 Å². The van der Waals surface area contributed by atoms with E-state index in [1.807, 2.05) is 0 Å². The molecule has 1 heterocycles. The summed E-state index contributed by atoms with van der Waals surface area (Å²) in [5.74, 6) is -3.17. The molecule has 0 aliphatic heterocycles. The van der Waals surface area contributed by atoms with E-state index in [2.05, 4.69) is 10.6 Å². The third-order valence-electron chi connectivity index (χ3n) is 5.32. The molecule has 3 rings (SSSR count). The lowest BCUT2D eigenvalue weighted by Crippen LogP contribution is -2.36. The molecule has 8 nitrogen and oxygen atoms in total. The van der Waals surface area contributed by atoms with Gasteiger partial charge in [-0.2, -0.15) is 0 Å². The number of rotatable bonds is 6. The topological polar surface area (TPSA) is 121 Å². The number of halogens is 2. The molecule has 0 saturated carbocycles. The SMILES string of the molecule is Cc1cc(-c2ccc(F)cc2F)cc([C@H](CC(=O)O)NC(=O)Nc2c(O)cc(C)n(C)c2=O)c1. The molecule has 2 amide bonds. The minimum Gasteiger partial charge on any atom is -0.505 e. The van der Waals surface area contributed by atoms with Crippen LogP contribution in [-0.4, -0.2) is 26.8 Å². The van der Waals surface area contributed by atoms with Gasteiger partial charge in [0.05, 0.1) is 12.5 Å². The molecular weight excluding hydrogens is 448 g/mol. The van der Waals surface area contributed by atoms with Gasteiger partial charge in [0.25, 0.3) is 5.56 Å². The maximum Gasteiger partial charge on any atom is 0.319 e. The van der Waals surface area contributed by atoms with Gasteiger partial charge in [-0.05, 0) is 43.2 Å². The summed E-state index contributed by atoms with van der Waals surface area (Å²) < 4.78 is 28.9. The molecular formula is C24H23F2N3O5. The van der Waals surface area contributed by atoms with Crippen LogP contribution >= 0.6 is 0 Å². The number of carboxylic acid groups (broad SMARTS) is 1. The number of anilines is 1. The molecule has 34 heavy (non-hydrogen) atoms. The van der Waals surface area contributed by atoms with E-state index in [1.54, 1.807) is 26.0 Å². The molecule has 0 aliphatic rings. The lowest BCUT2D eigenvalue weighted by atomic mass is 9.95. The molecule has 0 aliphatic carbocycles. The Kier molecular flexibility index (Phi) is 7.00. The first kappa shape index (κ1) is 24.4. The van der Waals surface area contributed by atoms with E-state index in [1.165, 1.54) is 29.8 Å². The molecule has 10 heteroatoms. The van der Waals surface area contributed by atoms with Gasteiger partial charge in [-0.15, -0.1) is 0 Å². The lowest BCUT2D eigenvalue weighted by molar-refractivity contribution is -0.137. The second-order valence-electron chi connectivity index (χ2n) is 7.92. The fourth-order valence-electron chi connectivity index (χ4n) is 3.55. The summed E-state index contributed by atoms with van der Waals surface area (Å²) in [6.07, 6.45) is -0.514. The van der Waals surface area contributed by atoms with Crippen LogP contribution in [0.3, 0.4) is 0 Å². The highest BCUT2D eigenvalue weighted by atomic mass is 19.1. The Morgan fingerprint density at radius 3 is 2.44 bits per heavy atom. The van der Waals surface area contributed by atoms with Gasteiger partial charge in [-0.1, -0.05) is 17.7 Å². The molecule has 0 unspecified atom stereocenters. The normalized spacial score (nSPS) is 11.7. The van der Waals surface area contributed by atoms with Crippen LogP contribution in [-0.2, 0) is 11.8 Å². The zero-order chi connectivity index (χ0) is 25.2. The molecule has 1 atom stereocenters. The predicted molar refractivity (Wildman–Crippen MR) is 122 cm³/mol. The molecule has 2 aromatic carbocycles.